The van der Waals surface area contributed by atoms with Gasteiger partial charge in [0, 0.05) is 18.6 Å². The largest absolute Gasteiger partial charge is 0.323 e. The number of nitrogens with two attached hydrogens (primary N) is 1. The van der Waals surface area contributed by atoms with Crippen molar-refractivity contribution in [3.63, 3.8) is 0 Å². The molecule has 1 aliphatic rings. The summed E-state index contributed by atoms with van der Waals surface area (Å²) in [5.74, 6) is 0. The van der Waals surface area contributed by atoms with E-state index in [9.17, 15) is 0 Å². The fourth-order valence-electron chi connectivity index (χ4n) is 0.465. The van der Waals surface area contributed by atoms with Gasteiger partial charge in [-0.1, -0.05) is 0 Å². The fourth-order valence-corrected chi connectivity index (χ4v) is 0.465. The van der Waals surface area contributed by atoms with Crippen molar-refractivity contribution in [3.8, 4) is 0 Å². The van der Waals surface area contributed by atoms with E-state index in [1.807, 2.05) is 6.92 Å². The Labute approximate surface area is 37.7 Å². The Morgan fingerprint density at radius 2 is 2.00 bits per heavy atom. The van der Waals surface area contributed by atoms with Gasteiger partial charge in [0.25, 0.3) is 0 Å². The molecular weight excluding hydrogens is 76.1 g/mol. The molecule has 1 fully saturated rings. The van der Waals surface area contributed by atoms with Crippen LogP contribution in [0.1, 0.15) is 6.92 Å². The van der Waals surface area contributed by atoms with Gasteiger partial charge in [-0.2, -0.15) is 0 Å². The first-order chi connectivity index (χ1) is 2.71. The molecule has 1 aliphatic heterocycles. The van der Waals surface area contributed by atoms with E-state index >= 15 is 0 Å². The molecule has 35 valence electrons. The minimum atomic E-state index is 0.0556. The van der Waals surface area contributed by atoms with Gasteiger partial charge in [0.2, 0.25) is 0 Å². The van der Waals surface area contributed by atoms with Crippen LogP contribution in [0.5, 0.6) is 0 Å². The molecule has 1 rings (SSSR count). The van der Waals surface area contributed by atoms with Crippen LogP contribution in [0.2, 0.25) is 0 Å². The molecule has 0 aliphatic carbocycles. The highest BCUT2D eigenvalue weighted by atomic mass is 15.1. The summed E-state index contributed by atoms with van der Waals surface area (Å²) in [7, 11) is 0. The minimum absolute atomic E-state index is 0.0556. The molecule has 1 saturated heterocycles. The van der Waals surface area contributed by atoms with Gasteiger partial charge in [-0.15, -0.1) is 0 Å². The van der Waals surface area contributed by atoms with Crippen LogP contribution in [-0.4, -0.2) is 18.6 Å². The van der Waals surface area contributed by atoms with Crippen molar-refractivity contribution in [1.82, 2.24) is 5.32 Å². The van der Waals surface area contributed by atoms with Crippen LogP contribution < -0.4 is 11.1 Å². The number of hydrogen-bond acceptors (Lipinski definition) is 1. The SMILES string of the molecule is CC1(N)C[N]C1. The lowest BCUT2D eigenvalue weighted by Crippen LogP contribution is -2.59. The maximum Gasteiger partial charge on any atom is 0.0412 e. The Bertz CT molecular complexity index is 52.6. The molecule has 0 aromatic carbocycles. The molecule has 0 amide bonds. The second kappa shape index (κ2) is 0.950. The van der Waals surface area contributed by atoms with Crippen molar-refractivity contribution >= 4 is 0 Å². The first kappa shape index (κ1) is 4.09. The Morgan fingerprint density at radius 1 is 1.67 bits per heavy atom. The molecule has 2 nitrogen and oxygen atoms in total. The summed E-state index contributed by atoms with van der Waals surface area (Å²) >= 11 is 0. The zero-order chi connectivity index (χ0) is 4.62. The van der Waals surface area contributed by atoms with Crippen LogP contribution in [-0.2, 0) is 0 Å². The van der Waals surface area contributed by atoms with Crippen molar-refractivity contribution in [2.75, 3.05) is 13.1 Å². The molecular formula is C4H9N2. The minimum Gasteiger partial charge on any atom is -0.323 e. The molecule has 2 heteroatoms. The van der Waals surface area contributed by atoms with E-state index in [0.717, 1.165) is 13.1 Å². The summed E-state index contributed by atoms with van der Waals surface area (Å²) in [4.78, 5) is 0. The van der Waals surface area contributed by atoms with Gasteiger partial charge in [0.05, 0.1) is 0 Å². The lowest BCUT2D eigenvalue weighted by Gasteiger charge is -2.32. The second-order valence-electron chi connectivity index (χ2n) is 2.19. The van der Waals surface area contributed by atoms with Crippen molar-refractivity contribution in [3.05, 3.63) is 0 Å². The number of nitrogens with zero attached hydrogens (tertiary/aromatic N) is 1. The summed E-state index contributed by atoms with van der Waals surface area (Å²) in [5.41, 5.74) is 5.58. The highest BCUT2D eigenvalue weighted by Crippen LogP contribution is 2.04. The Kier molecular flexibility index (Phi) is 0.648. The number of hydrogen-bond donors (Lipinski definition) is 1. The molecule has 0 saturated carbocycles. The highest BCUT2D eigenvalue weighted by molar-refractivity contribution is 4.91. The summed E-state index contributed by atoms with van der Waals surface area (Å²) in [6.07, 6.45) is 0. The summed E-state index contributed by atoms with van der Waals surface area (Å²) in [6, 6.07) is 0. The van der Waals surface area contributed by atoms with Crippen LogP contribution in [0.25, 0.3) is 0 Å². The summed E-state index contributed by atoms with van der Waals surface area (Å²) < 4.78 is 0. The van der Waals surface area contributed by atoms with Crippen molar-refractivity contribution in [2.45, 2.75) is 12.5 Å². The van der Waals surface area contributed by atoms with Crippen LogP contribution in [0.4, 0.5) is 0 Å². The van der Waals surface area contributed by atoms with Crippen LogP contribution in [0.15, 0.2) is 0 Å². The van der Waals surface area contributed by atoms with Gasteiger partial charge in [-0.05, 0) is 6.92 Å². The molecule has 1 radical (unpaired) electrons. The van der Waals surface area contributed by atoms with Crippen molar-refractivity contribution in [1.29, 1.82) is 0 Å². The van der Waals surface area contributed by atoms with Gasteiger partial charge in [-0.3, -0.25) is 0 Å². The lowest BCUT2D eigenvalue weighted by molar-refractivity contribution is 0.301. The molecule has 2 N–H and O–H groups in total. The fraction of sp³-hybridized carbons (Fsp3) is 1.00. The van der Waals surface area contributed by atoms with Gasteiger partial charge in [0.1, 0.15) is 0 Å². The molecule has 1 heterocycles. The Hall–Kier alpha value is -0.0800. The molecule has 0 aromatic rings. The summed E-state index contributed by atoms with van der Waals surface area (Å²) in [6.45, 7) is 3.72. The smallest absolute Gasteiger partial charge is 0.0412 e. The second-order valence-corrected chi connectivity index (χ2v) is 2.19. The quantitative estimate of drug-likeness (QED) is 0.416. The van der Waals surface area contributed by atoms with Crippen LogP contribution in [0.3, 0.4) is 0 Å². The van der Waals surface area contributed by atoms with Crippen molar-refractivity contribution in [2.24, 2.45) is 5.73 Å². The normalized spacial score (nSPS) is 29.0. The van der Waals surface area contributed by atoms with E-state index in [-0.39, 0.29) is 5.54 Å². The average Bonchev–Trinajstić information content (AvgIpc) is 1.32. The first-order valence-corrected chi connectivity index (χ1v) is 2.13. The first-order valence-electron chi connectivity index (χ1n) is 2.13. The van der Waals surface area contributed by atoms with E-state index in [1.165, 1.54) is 0 Å². The van der Waals surface area contributed by atoms with E-state index in [0.29, 0.717) is 0 Å². The van der Waals surface area contributed by atoms with E-state index in [2.05, 4.69) is 5.32 Å². The van der Waals surface area contributed by atoms with Gasteiger partial charge >= 0.3 is 0 Å². The topological polar surface area (TPSA) is 40.1 Å². The summed E-state index contributed by atoms with van der Waals surface area (Å²) in [5, 5.41) is 3.94. The Morgan fingerprint density at radius 3 is 2.00 bits per heavy atom. The predicted molar refractivity (Wildman–Crippen MR) is 24.5 cm³/mol. The molecule has 0 aromatic heterocycles. The molecule has 0 atom stereocenters. The van der Waals surface area contributed by atoms with Gasteiger partial charge in [0.15, 0.2) is 0 Å². The highest BCUT2D eigenvalue weighted by Gasteiger charge is 2.26. The maximum atomic E-state index is 5.53. The molecule has 6 heavy (non-hydrogen) atoms. The van der Waals surface area contributed by atoms with Gasteiger partial charge < -0.3 is 5.73 Å². The van der Waals surface area contributed by atoms with E-state index in [4.69, 9.17) is 5.73 Å². The third kappa shape index (κ3) is 0.533. The number of rotatable bonds is 0. The maximum absolute atomic E-state index is 5.53. The third-order valence-electron chi connectivity index (χ3n) is 0.946. The molecule has 0 spiro atoms. The standard InChI is InChI=1S/C4H9N2/c1-4(5)2-6-3-4/h2-3,5H2,1H3. The van der Waals surface area contributed by atoms with Gasteiger partial charge in [-0.25, -0.2) is 5.32 Å². The van der Waals surface area contributed by atoms with E-state index < -0.39 is 0 Å². The zero-order valence-electron chi connectivity index (χ0n) is 3.94. The molecule has 0 unspecified atom stereocenters. The Balaban J connectivity index is 2.31. The van der Waals surface area contributed by atoms with Crippen molar-refractivity contribution < 1.29 is 0 Å². The third-order valence-corrected chi connectivity index (χ3v) is 0.946. The average molecular weight is 85.1 g/mol. The zero-order valence-corrected chi connectivity index (χ0v) is 3.94. The lowest BCUT2D eigenvalue weighted by atomic mass is 9.98. The van der Waals surface area contributed by atoms with Crippen LogP contribution in [0, 0.1) is 0 Å². The van der Waals surface area contributed by atoms with E-state index in [1.54, 1.807) is 0 Å². The monoisotopic (exact) mass is 85.1 g/mol. The predicted octanol–water partition coefficient (Wildman–Crippen LogP) is -0.678. The molecule has 0 bridgehead atoms. The van der Waals surface area contributed by atoms with Crippen LogP contribution >= 0.6 is 0 Å².